The minimum Gasteiger partial charge on any atom is -1.00 e. The standard InChI is InChI=1S/C16H23BrN2O3.ClH/c1-13(11-19-9-7-18(2)8-10-19)22-16(20)12-21-15-5-3-14(17)4-6-15;/h3-6,13H,7-12H2,1-2H3;1H. The van der Waals surface area contributed by atoms with E-state index in [-0.39, 0.29) is 31.1 Å². The molecule has 1 fully saturated rings. The van der Waals surface area contributed by atoms with E-state index in [0.29, 0.717) is 5.75 Å². The summed E-state index contributed by atoms with van der Waals surface area (Å²) >= 11 is 3.36. The number of quaternary nitrogens is 1. The van der Waals surface area contributed by atoms with Gasteiger partial charge < -0.3 is 26.8 Å². The molecule has 0 radical (unpaired) electrons. The number of hydrogen-bond acceptors (Lipinski definition) is 4. The molecule has 7 heteroatoms. The molecule has 0 aromatic heterocycles. The Morgan fingerprint density at radius 2 is 1.91 bits per heavy atom. The van der Waals surface area contributed by atoms with E-state index in [0.717, 1.165) is 37.2 Å². The van der Waals surface area contributed by atoms with Gasteiger partial charge in [-0.2, -0.15) is 0 Å². The Morgan fingerprint density at radius 1 is 1.30 bits per heavy atom. The smallest absolute Gasteiger partial charge is 0.344 e. The van der Waals surface area contributed by atoms with Gasteiger partial charge in [0.15, 0.2) is 6.61 Å². The molecule has 0 saturated carbocycles. The number of carbonyl (C=O) groups excluding carboxylic acids is 1. The average molecular weight is 408 g/mol. The van der Waals surface area contributed by atoms with Crippen LogP contribution >= 0.6 is 15.9 Å². The molecular formula is C16H24BrClN2O3. The molecule has 2 rings (SSSR count). The second-order valence-electron chi connectivity index (χ2n) is 5.80. The fourth-order valence-electron chi connectivity index (χ4n) is 2.52. The molecule has 1 unspecified atom stereocenters. The average Bonchev–Trinajstić information content (AvgIpc) is 2.49. The molecule has 1 aliphatic rings. The van der Waals surface area contributed by atoms with Gasteiger partial charge in [-0.3, -0.25) is 4.90 Å². The van der Waals surface area contributed by atoms with Gasteiger partial charge in [0.05, 0.1) is 13.1 Å². The van der Waals surface area contributed by atoms with Crippen molar-refractivity contribution < 1.29 is 31.6 Å². The van der Waals surface area contributed by atoms with Crippen LogP contribution in [-0.4, -0.2) is 63.4 Å². The molecule has 1 aliphatic heterocycles. The number of esters is 1. The van der Waals surface area contributed by atoms with E-state index in [1.165, 1.54) is 4.90 Å². The molecule has 1 atom stereocenters. The van der Waals surface area contributed by atoms with Gasteiger partial charge in [0, 0.05) is 17.6 Å². The van der Waals surface area contributed by atoms with Gasteiger partial charge in [0.1, 0.15) is 18.4 Å². The maximum Gasteiger partial charge on any atom is 0.344 e. The van der Waals surface area contributed by atoms with Crippen molar-refractivity contribution in [3.8, 4) is 5.75 Å². The normalized spacial score (nSPS) is 17.2. The second kappa shape index (κ2) is 10.1. The molecule has 1 aromatic rings. The largest absolute Gasteiger partial charge is 1.00 e. The van der Waals surface area contributed by atoms with Gasteiger partial charge in [-0.15, -0.1) is 0 Å². The van der Waals surface area contributed by atoms with Crippen molar-refractivity contribution in [2.24, 2.45) is 0 Å². The lowest BCUT2D eigenvalue weighted by molar-refractivity contribution is -0.907. The summed E-state index contributed by atoms with van der Waals surface area (Å²) in [6, 6.07) is 7.38. The Bertz CT molecular complexity index is 479. The molecule has 5 nitrogen and oxygen atoms in total. The number of rotatable bonds is 6. The zero-order valence-electron chi connectivity index (χ0n) is 13.6. The fourth-order valence-corrected chi connectivity index (χ4v) is 2.78. The minimum absolute atomic E-state index is 0. The topological polar surface area (TPSA) is 43.2 Å². The Morgan fingerprint density at radius 3 is 2.52 bits per heavy atom. The van der Waals surface area contributed by atoms with Gasteiger partial charge in [-0.1, -0.05) is 15.9 Å². The van der Waals surface area contributed by atoms with Crippen molar-refractivity contribution in [1.82, 2.24) is 4.90 Å². The maximum absolute atomic E-state index is 11.8. The number of piperazine rings is 1. The van der Waals surface area contributed by atoms with Crippen molar-refractivity contribution in [3.05, 3.63) is 28.7 Å². The summed E-state index contributed by atoms with van der Waals surface area (Å²) in [5.74, 6) is 0.349. The van der Waals surface area contributed by atoms with Crippen LogP contribution in [0.2, 0.25) is 0 Å². The van der Waals surface area contributed by atoms with Crippen LogP contribution in [-0.2, 0) is 9.53 Å². The third-order valence-electron chi connectivity index (χ3n) is 3.77. The number of hydrogen-bond donors (Lipinski definition) is 1. The number of benzene rings is 1. The quantitative estimate of drug-likeness (QED) is 0.534. The van der Waals surface area contributed by atoms with E-state index in [9.17, 15) is 4.79 Å². The Kier molecular flexibility index (Phi) is 8.91. The molecule has 0 spiro atoms. The highest BCUT2D eigenvalue weighted by atomic mass is 79.9. The first kappa shape index (κ1) is 20.2. The molecule has 1 N–H and O–H groups in total. The van der Waals surface area contributed by atoms with Crippen LogP contribution in [0.25, 0.3) is 0 Å². The van der Waals surface area contributed by atoms with E-state index in [4.69, 9.17) is 9.47 Å². The van der Waals surface area contributed by atoms with Gasteiger partial charge in [0.2, 0.25) is 0 Å². The Hall–Kier alpha value is -0.820. The molecule has 0 amide bonds. The van der Waals surface area contributed by atoms with Crippen LogP contribution in [0.15, 0.2) is 28.7 Å². The zero-order valence-corrected chi connectivity index (χ0v) is 15.9. The highest BCUT2D eigenvalue weighted by molar-refractivity contribution is 9.10. The first-order chi connectivity index (χ1) is 10.5. The van der Waals surface area contributed by atoms with Gasteiger partial charge >= 0.3 is 5.97 Å². The molecule has 1 aromatic carbocycles. The second-order valence-corrected chi connectivity index (χ2v) is 6.72. The maximum atomic E-state index is 11.8. The molecule has 1 saturated heterocycles. The van der Waals surface area contributed by atoms with E-state index < -0.39 is 0 Å². The molecule has 130 valence electrons. The number of carbonyl (C=O) groups is 1. The van der Waals surface area contributed by atoms with Crippen LogP contribution in [0.3, 0.4) is 0 Å². The van der Waals surface area contributed by atoms with E-state index in [2.05, 4.69) is 27.9 Å². The van der Waals surface area contributed by atoms with E-state index >= 15 is 0 Å². The zero-order chi connectivity index (χ0) is 15.9. The van der Waals surface area contributed by atoms with Crippen LogP contribution in [0.5, 0.6) is 5.75 Å². The van der Waals surface area contributed by atoms with Crippen molar-refractivity contribution in [3.63, 3.8) is 0 Å². The van der Waals surface area contributed by atoms with E-state index in [1.54, 1.807) is 0 Å². The predicted octanol–water partition coefficient (Wildman–Crippen LogP) is -2.41. The van der Waals surface area contributed by atoms with Crippen LogP contribution in [0.4, 0.5) is 0 Å². The van der Waals surface area contributed by atoms with E-state index in [1.807, 2.05) is 31.2 Å². The van der Waals surface area contributed by atoms with Crippen molar-refractivity contribution >= 4 is 21.9 Å². The number of ether oxygens (including phenoxy) is 2. The highest BCUT2D eigenvalue weighted by Gasteiger charge is 2.21. The lowest BCUT2D eigenvalue weighted by atomic mass is 10.3. The summed E-state index contributed by atoms with van der Waals surface area (Å²) in [6.07, 6.45) is -0.0839. The monoisotopic (exact) mass is 406 g/mol. The summed E-state index contributed by atoms with van der Waals surface area (Å²) < 4.78 is 11.8. The summed E-state index contributed by atoms with van der Waals surface area (Å²) in [6.45, 7) is 7.16. The van der Waals surface area contributed by atoms with Gasteiger partial charge in [0.25, 0.3) is 0 Å². The lowest BCUT2D eigenvalue weighted by Gasteiger charge is -2.30. The van der Waals surface area contributed by atoms with Crippen LogP contribution in [0.1, 0.15) is 6.92 Å². The summed E-state index contributed by atoms with van der Waals surface area (Å²) in [5, 5.41) is 0. The number of nitrogens with one attached hydrogen (secondary N) is 1. The molecule has 0 bridgehead atoms. The SMILES string of the molecule is CC(C[NH+]1CCN(C)CC1)OC(=O)COc1ccc(Br)cc1.[Cl-]. The molecule has 1 heterocycles. The van der Waals surface area contributed by atoms with Crippen molar-refractivity contribution in [2.75, 3.05) is 46.4 Å². The Balaban J connectivity index is 0.00000264. The number of halogens is 2. The van der Waals surface area contributed by atoms with Gasteiger partial charge in [-0.25, -0.2) is 4.79 Å². The first-order valence-corrected chi connectivity index (χ1v) is 8.42. The molecule has 0 aliphatic carbocycles. The van der Waals surface area contributed by atoms with Crippen molar-refractivity contribution in [1.29, 1.82) is 0 Å². The molecule has 23 heavy (non-hydrogen) atoms. The third-order valence-corrected chi connectivity index (χ3v) is 4.30. The highest BCUT2D eigenvalue weighted by Crippen LogP contribution is 2.15. The predicted molar refractivity (Wildman–Crippen MR) is 88.3 cm³/mol. The van der Waals surface area contributed by atoms with Crippen LogP contribution < -0.4 is 22.0 Å². The third kappa shape index (κ3) is 7.52. The Labute approximate surface area is 152 Å². The minimum atomic E-state index is -0.316. The first-order valence-electron chi connectivity index (χ1n) is 7.63. The summed E-state index contributed by atoms with van der Waals surface area (Å²) in [5.41, 5.74) is 0. The van der Waals surface area contributed by atoms with Crippen molar-refractivity contribution in [2.45, 2.75) is 13.0 Å². The van der Waals surface area contributed by atoms with Gasteiger partial charge in [-0.05, 0) is 38.2 Å². The summed E-state index contributed by atoms with van der Waals surface area (Å²) in [7, 11) is 2.14. The lowest BCUT2D eigenvalue weighted by Crippen LogP contribution is -3.15. The van der Waals surface area contributed by atoms with Crippen LogP contribution in [0, 0.1) is 0 Å². The fraction of sp³-hybridized carbons (Fsp3) is 0.562. The molecular weight excluding hydrogens is 384 g/mol. The summed E-state index contributed by atoms with van der Waals surface area (Å²) in [4.78, 5) is 15.6. The number of nitrogens with zero attached hydrogens (tertiary/aromatic N) is 1. The number of likely N-dealkylation sites (N-methyl/N-ethyl adjacent to an activating group) is 1.